The maximum absolute atomic E-state index is 11.7. The smallest absolute Gasteiger partial charge is 0.261 e. The molecule has 0 N–H and O–H groups in total. The second kappa shape index (κ2) is 8.77. The molecule has 0 saturated carbocycles. The highest BCUT2D eigenvalue weighted by Crippen LogP contribution is 2.11. The lowest BCUT2D eigenvalue weighted by molar-refractivity contribution is -0.121. The number of ketones is 1. The van der Waals surface area contributed by atoms with Crippen molar-refractivity contribution in [1.29, 1.82) is 0 Å². The van der Waals surface area contributed by atoms with Gasteiger partial charge in [-0.1, -0.05) is 26.7 Å². The molecule has 1 atom stereocenters. The summed E-state index contributed by atoms with van der Waals surface area (Å²) < 4.78 is 28.0. The lowest BCUT2D eigenvalue weighted by Gasteiger charge is -2.08. The molecule has 0 aromatic rings. The molecule has 0 aromatic carbocycles. The zero-order valence-electron chi connectivity index (χ0n) is 9.47. The van der Waals surface area contributed by atoms with Crippen LogP contribution in [0.2, 0.25) is 0 Å². The lowest BCUT2D eigenvalue weighted by atomic mass is 9.98. The third kappa shape index (κ3) is 9.79. The van der Waals surface area contributed by atoms with Crippen molar-refractivity contribution in [3.8, 4) is 0 Å². The van der Waals surface area contributed by atoms with Crippen LogP contribution in [0.25, 0.3) is 0 Å². The fraction of sp³-hybridized carbons (Fsp3) is 0.909. The number of halogens is 2. The molecule has 2 nitrogen and oxygen atoms in total. The minimum Gasteiger partial charge on any atom is -0.375 e. The van der Waals surface area contributed by atoms with E-state index >= 15 is 0 Å². The number of ether oxygens (including phenoxy) is 1. The molecule has 90 valence electrons. The van der Waals surface area contributed by atoms with E-state index in [0.29, 0.717) is 12.3 Å². The molecule has 0 aromatic heterocycles. The highest BCUT2D eigenvalue weighted by molar-refractivity contribution is 5.78. The van der Waals surface area contributed by atoms with Gasteiger partial charge in [-0.2, -0.15) is 0 Å². The molecular formula is C11H20F2O2. The maximum atomic E-state index is 11.7. The van der Waals surface area contributed by atoms with Crippen LogP contribution in [0.4, 0.5) is 8.78 Å². The van der Waals surface area contributed by atoms with Gasteiger partial charge in [0.2, 0.25) is 0 Å². The molecule has 0 aliphatic carbocycles. The third-order valence-corrected chi connectivity index (χ3v) is 2.13. The van der Waals surface area contributed by atoms with Crippen LogP contribution in [0.1, 0.15) is 39.5 Å². The van der Waals surface area contributed by atoms with E-state index in [0.717, 1.165) is 12.8 Å². The summed E-state index contributed by atoms with van der Waals surface area (Å²) in [4.78, 5) is 11.3. The van der Waals surface area contributed by atoms with Crippen LogP contribution in [0.3, 0.4) is 0 Å². The molecule has 0 fully saturated rings. The van der Waals surface area contributed by atoms with Gasteiger partial charge in [0.05, 0.1) is 6.61 Å². The number of rotatable bonds is 9. The minimum absolute atomic E-state index is 0.102. The number of carbonyl (C=O) groups excluding carboxylic acids is 1. The molecule has 0 spiro atoms. The monoisotopic (exact) mass is 222 g/mol. The number of hydrogen-bond donors (Lipinski definition) is 0. The highest BCUT2D eigenvalue weighted by Gasteiger charge is 2.09. The molecule has 4 heteroatoms. The first-order valence-corrected chi connectivity index (χ1v) is 5.43. The number of carbonyl (C=O) groups is 1. The highest BCUT2D eigenvalue weighted by atomic mass is 19.3. The zero-order chi connectivity index (χ0) is 11.7. The lowest BCUT2D eigenvalue weighted by Crippen LogP contribution is -2.11. The van der Waals surface area contributed by atoms with Crippen LogP contribution in [0.5, 0.6) is 0 Å². The Balaban J connectivity index is 3.40. The van der Waals surface area contributed by atoms with Crippen molar-refractivity contribution in [1.82, 2.24) is 0 Å². The van der Waals surface area contributed by atoms with Crippen LogP contribution in [-0.2, 0) is 9.53 Å². The Morgan fingerprint density at radius 3 is 2.60 bits per heavy atom. The van der Waals surface area contributed by atoms with Crippen LogP contribution in [0.15, 0.2) is 0 Å². The van der Waals surface area contributed by atoms with E-state index in [-0.39, 0.29) is 18.8 Å². The first kappa shape index (κ1) is 14.5. The van der Waals surface area contributed by atoms with Crippen molar-refractivity contribution in [2.75, 3.05) is 13.2 Å². The average Bonchev–Trinajstić information content (AvgIpc) is 2.12. The topological polar surface area (TPSA) is 26.3 Å². The van der Waals surface area contributed by atoms with Crippen molar-refractivity contribution >= 4 is 5.78 Å². The molecule has 0 amide bonds. The number of Topliss-reactive ketones (excluding diaryl/α,β-unsaturated/α-hetero) is 1. The summed E-state index contributed by atoms with van der Waals surface area (Å²) in [7, 11) is 0. The number of alkyl halides is 2. The SMILES string of the molecule is CCCC(C)CC(=O)CCOCC(F)F. The summed E-state index contributed by atoms with van der Waals surface area (Å²) in [5.41, 5.74) is 0. The normalized spacial score (nSPS) is 13.1. The van der Waals surface area contributed by atoms with E-state index < -0.39 is 13.0 Å². The van der Waals surface area contributed by atoms with Crippen LogP contribution in [-0.4, -0.2) is 25.4 Å². The van der Waals surface area contributed by atoms with Gasteiger partial charge in [-0.3, -0.25) is 4.79 Å². The summed E-state index contributed by atoms with van der Waals surface area (Å²) >= 11 is 0. The summed E-state index contributed by atoms with van der Waals surface area (Å²) in [6, 6.07) is 0. The zero-order valence-corrected chi connectivity index (χ0v) is 9.47. The van der Waals surface area contributed by atoms with E-state index in [2.05, 4.69) is 11.7 Å². The van der Waals surface area contributed by atoms with E-state index in [9.17, 15) is 13.6 Å². The fourth-order valence-corrected chi connectivity index (χ4v) is 1.44. The van der Waals surface area contributed by atoms with Gasteiger partial charge in [-0.05, 0) is 5.92 Å². The Morgan fingerprint density at radius 2 is 2.07 bits per heavy atom. The molecular weight excluding hydrogens is 202 g/mol. The first-order valence-electron chi connectivity index (χ1n) is 5.43. The molecule has 0 heterocycles. The molecule has 0 radical (unpaired) electrons. The van der Waals surface area contributed by atoms with E-state index in [1.165, 1.54) is 0 Å². The van der Waals surface area contributed by atoms with Gasteiger partial charge in [0.15, 0.2) is 0 Å². The van der Waals surface area contributed by atoms with E-state index in [4.69, 9.17) is 0 Å². The Hall–Kier alpha value is -0.510. The fourth-order valence-electron chi connectivity index (χ4n) is 1.44. The first-order chi connectivity index (χ1) is 7.06. The average molecular weight is 222 g/mol. The quantitative estimate of drug-likeness (QED) is 0.560. The predicted octanol–water partition coefficient (Wildman–Crippen LogP) is 3.05. The molecule has 0 bridgehead atoms. The molecule has 0 rings (SSSR count). The van der Waals surface area contributed by atoms with Crippen molar-refractivity contribution in [2.45, 2.75) is 46.0 Å². The van der Waals surface area contributed by atoms with Crippen LogP contribution >= 0.6 is 0 Å². The molecule has 15 heavy (non-hydrogen) atoms. The van der Waals surface area contributed by atoms with Gasteiger partial charge in [0.1, 0.15) is 12.4 Å². The minimum atomic E-state index is -2.45. The molecule has 0 aliphatic rings. The van der Waals surface area contributed by atoms with Crippen LogP contribution in [0, 0.1) is 5.92 Å². The summed E-state index contributed by atoms with van der Waals surface area (Å²) in [6.07, 6.45) is 0.436. The molecule has 0 saturated heterocycles. The van der Waals surface area contributed by atoms with Gasteiger partial charge in [-0.15, -0.1) is 0 Å². The van der Waals surface area contributed by atoms with Crippen molar-refractivity contribution in [2.24, 2.45) is 5.92 Å². The van der Waals surface area contributed by atoms with Gasteiger partial charge in [0, 0.05) is 12.8 Å². The van der Waals surface area contributed by atoms with Gasteiger partial charge in [-0.25, -0.2) is 8.78 Å². The largest absolute Gasteiger partial charge is 0.375 e. The van der Waals surface area contributed by atoms with Crippen molar-refractivity contribution in [3.63, 3.8) is 0 Å². The summed E-state index contributed by atoms with van der Waals surface area (Å²) in [5, 5.41) is 0. The summed E-state index contributed by atoms with van der Waals surface area (Å²) in [5.74, 6) is 0.489. The second-order valence-corrected chi connectivity index (χ2v) is 3.85. The van der Waals surface area contributed by atoms with Gasteiger partial charge >= 0.3 is 0 Å². The Bertz CT molecular complexity index is 172. The second-order valence-electron chi connectivity index (χ2n) is 3.85. The molecule has 0 aliphatic heterocycles. The van der Waals surface area contributed by atoms with E-state index in [1.807, 2.05) is 6.92 Å². The maximum Gasteiger partial charge on any atom is 0.261 e. The van der Waals surface area contributed by atoms with Crippen molar-refractivity contribution in [3.05, 3.63) is 0 Å². The van der Waals surface area contributed by atoms with Gasteiger partial charge in [0.25, 0.3) is 6.43 Å². The van der Waals surface area contributed by atoms with Gasteiger partial charge < -0.3 is 4.74 Å². The van der Waals surface area contributed by atoms with Crippen LogP contribution < -0.4 is 0 Å². The summed E-state index contributed by atoms with van der Waals surface area (Å²) in [6.45, 7) is 3.65. The van der Waals surface area contributed by atoms with E-state index in [1.54, 1.807) is 0 Å². The number of hydrogen-bond acceptors (Lipinski definition) is 2. The Kier molecular flexibility index (Phi) is 8.47. The Labute approximate surface area is 90.0 Å². The predicted molar refractivity (Wildman–Crippen MR) is 55.1 cm³/mol. The Morgan fingerprint density at radius 1 is 1.40 bits per heavy atom. The third-order valence-electron chi connectivity index (χ3n) is 2.13. The van der Waals surface area contributed by atoms with Crippen molar-refractivity contribution < 1.29 is 18.3 Å². The molecule has 1 unspecified atom stereocenters. The standard InChI is InChI=1S/C11H20F2O2/c1-3-4-9(2)7-10(14)5-6-15-8-11(12)13/h9,11H,3-8H2,1-2H3.